The van der Waals surface area contributed by atoms with Crippen molar-refractivity contribution < 1.29 is 14.4 Å². The lowest BCUT2D eigenvalue weighted by Crippen LogP contribution is -2.57. The summed E-state index contributed by atoms with van der Waals surface area (Å²) in [5.74, 6) is -0.0782. The molecule has 4 rings (SSSR count). The van der Waals surface area contributed by atoms with Crippen LogP contribution in [-0.2, 0) is 20.9 Å². The first-order valence-corrected chi connectivity index (χ1v) is 11.1. The second-order valence-corrected chi connectivity index (χ2v) is 8.68. The van der Waals surface area contributed by atoms with Crippen molar-refractivity contribution in [3.8, 4) is 0 Å². The molecule has 2 aromatic rings. The number of nitrogens with zero attached hydrogens (tertiary/aromatic N) is 4. The number of rotatable bonds is 5. The van der Waals surface area contributed by atoms with Gasteiger partial charge in [0.15, 0.2) is 0 Å². The van der Waals surface area contributed by atoms with E-state index in [2.05, 4.69) is 4.90 Å². The first-order chi connectivity index (χ1) is 15.4. The molecule has 7 nitrogen and oxygen atoms in total. The van der Waals surface area contributed by atoms with Crippen LogP contribution in [0.5, 0.6) is 0 Å². The molecule has 2 saturated heterocycles. The van der Waals surface area contributed by atoms with Gasteiger partial charge >= 0.3 is 0 Å². The largest absolute Gasteiger partial charge is 0.343 e. The highest BCUT2D eigenvalue weighted by Crippen LogP contribution is 2.39. The summed E-state index contributed by atoms with van der Waals surface area (Å²) in [6.45, 7) is 3.57. The fraction of sp³-hybridized carbons (Fsp3) is 0.400. The van der Waals surface area contributed by atoms with Gasteiger partial charge in [-0.2, -0.15) is 0 Å². The van der Waals surface area contributed by atoms with E-state index < -0.39 is 5.54 Å². The number of anilines is 1. The van der Waals surface area contributed by atoms with E-state index in [9.17, 15) is 14.4 Å². The molecule has 0 radical (unpaired) electrons. The topological polar surface area (TPSA) is 64.2 Å². The third-order valence-electron chi connectivity index (χ3n) is 6.63. The Morgan fingerprint density at radius 3 is 2.16 bits per heavy atom. The minimum Gasteiger partial charge on any atom is -0.343 e. The van der Waals surface area contributed by atoms with Crippen LogP contribution in [0.1, 0.15) is 25.3 Å². The molecule has 0 aromatic heterocycles. The number of carbonyl (C=O) groups is 3. The Balaban J connectivity index is 1.52. The number of piperidine rings is 1. The Bertz CT molecular complexity index is 971. The van der Waals surface area contributed by atoms with Crippen LogP contribution >= 0.6 is 0 Å². The number of carbonyl (C=O) groups excluding carboxylic acids is 3. The van der Waals surface area contributed by atoms with Gasteiger partial charge in [0, 0.05) is 39.3 Å². The molecule has 1 spiro atoms. The number of likely N-dealkylation sites (N-methyl/N-ethyl adjacent to an activating group) is 1. The maximum absolute atomic E-state index is 13.7. The molecule has 2 aliphatic rings. The fourth-order valence-electron chi connectivity index (χ4n) is 4.74. The third-order valence-corrected chi connectivity index (χ3v) is 6.63. The molecule has 0 atom stereocenters. The second kappa shape index (κ2) is 9.02. The second-order valence-electron chi connectivity index (χ2n) is 8.68. The zero-order valence-electron chi connectivity index (χ0n) is 18.7. The minimum atomic E-state index is -0.717. The molecule has 32 heavy (non-hydrogen) atoms. The van der Waals surface area contributed by atoms with Gasteiger partial charge in [0.25, 0.3) is 5.91 Å². The Morgan fingerprint density at radius 2 is 1.56 bits per heavy atom. The maximum Gasteiger partial charge on any atom is 0.250 e. The molecule has 0 aliphatic carbocycles. The van der Waals surface area contributed by atoms with Crippen molar-refractivity contribution in [2.45, 2.75) is 31.8 Å². The van der Waals surface area contributed by atoms with Gasteiger partial charge in [0.1, 0.15) is 12.1 Å². The van der Waals surface area contributed by atoms with Crippen LogP contribution in [0.4, 0.5) is 5.69 Å². The minimum absolute atomic E-state index is 0.0222. The summed E-state index contributed by atoms with van der Waals surface area (Å²) >= 11 is 0. The Kier molecular flexibility index (Phi) is 6.17. The van der Waals surface area contributed by atoms with Crippen LogP contribution in [0, 0.1) is 0 Å². The molecule has 168 valence electrons. The van der Waals surface area contributed by atoms with Gasteiger partial charge < -0.3 is 19.6 Å². The molecule has 3 amide bonds. The quantitative estimate of drug-likeness (QED) is 0.725. The monoisotopic (exact) mass is 434 g/mol. The predicted octanol–water partition coefficient (Wildman–Crippen LogP) is 2.33. The average Bonchev–Trinajstić information content (AvgIpc) is 3.06. The van der Waals surface area contributed by atoms with Crippen molar-refractivity contribution in [3.05, 3.63) is 66.2 Å². The first-order valence-electron chi connectivity index (χ1n) is 11.1. The van der Waals surface area contributed by atoms with Gasteiger partial charge in [-0.05, 0) is 30.5 Å². The summed E-state index contributed by atoms with van der Waals surface area (Å²) in [7, 11) is 1.77. The number of hydrogen-bond donors (Lipinski definition) is 0. The lowest BCUT2D eigenvalue weighted by Gasteiger charge is -2.43. The van der Waals surface area contributed by atoms with Gasteiger partial charge in [-0.3, -0.25) is 14.4 Å². The van der Waals surface area contributed by atoms with Crippen LogP contribution < -0.4 is 4.90 Å². The number of hydrogen-bond acceptors (Lipinski definition) is 4. The van der Waals surface area contributed by atoms with Gasteiger partial charge in [-0.25, -0.2) is 0 Å². The molecular formula is C25H30N4O3. The van der Waals surface area contributed by atoms with Gasteiger partial charge in [-0.1, -0.05) is 48.5 Å². The van der Waals surface area contributed by atoms with E-state index in [4.69, 9.17) is 0 Å². The highest BCUT2D eigenvalue weighted by atomic mass is 16.2. The molecule has 2 aromatic carbocycles. The molecule has 2 heterocycles. The molecule has 2 fully saturated rings. The Labute approximate surface area is 189 Å². The number of likely N-dealkylation sites (tertiary alicyclic amines) is 1. The van der Waals surface area contributed by atoms with E-state index in [-0.39, 0.29) is 24.3 Å². The summed E-state index contributed by atoms with van der Waals surface area (Å²) < 4.78 is 0. The van der Waals surface area contributed by atoms with Crippen LogP contribution in [0.15, 0.2) is 60.7 Å². The van der Waals surface area contributed by atoms with E-state index in [0.29, 0.717) is 39.1 Å². The van der Waals surface area contributed by atoms with Gasteiger partial charge in [0.05, 0.1) is 6.67 Å². The zero-order valence-corrected chi connectivity index (χ0v) is 18.7. The van der Waals surface area contributed by atoms with Crippen molar-refractivity contribution in [2.75, 3.05) is 38.3 Å². The molecule has 0 unspecified atom stereocenters. The summed E-state index contributed by atoms with van der Waals surface area (Å²) in [6, 6.07) is 19.7. The number of benzene rings is 2. The van der Waals surface area contributed by atoms with Gasteiger partial charge in [-0.15, -0.1) is 0 Å². The summed E-state index contributed by atoms with van der Waals surface area (Å²) in [5.41, 5.74) is 1.30. The lowest BCUT2D eigenvalue weighted by atomic mass is 9.85. The molecule has 7 heteroatoms. The predicted molar refractivity (Wildman–Crippen MR) is 123 cm³/mol. The summed E-state index contributed by atoms with van der Waals surface area (Å²) in [4.78, 5) is 45.7. The van der Waals surface area contributed by atoms with E-state index in [1.165, 1.54) is 0 Å². The van der Waals surface area contributed by atoms with Crippen molar-refractivity contribution in [1.82, 2.24) is 14.7 Å². The van der Waals surface area contributed by atoms with Crippen molar-refractivity contribution in [3.63, 3.8) is 0 Å². The zero-order chi connectivity index (χ0) is 22.7. The molecule has 0 bridgehead atoms. The van der Waals surface area contributed by atoms with Crippen molar-refractivity contribution in [2.24, 2.45) is 0 Å². The highest BCUT2D eigenvalue weighted by Gasteiger charge is 2.54. The van der Waals surface area contributed by atoms with Crippen molar-refractivity contribution >= 4 is 23.4 Å². The Morgan fingerprint density at radius 1 is 0.969 bits per heavy atom. The molecule has 0 N–H and O–H groups in total. The first kappa shape index (κ1) is 21.9. The molecular weight excluding hydrogens is 404 g/mol. The fourth-order valence-corrected chi connectivity index (χ4v) is 4.74. The van der Waals surface area contributed by atoms with Gasteiger partial charge in [0.2, 0.25) is 11.8 Å². The molecule has 0 saturated carbocycles. The van der Waals surface area contributed by atoms with Crippen molar-refractivity contribution in [1.29, 1.82) is 0 Å². The summed E-state index contributed by atoms with van der Waals surface area (Å²) in [6.07, 6.45) is 1.12. The molecule has 2 aliphatic heterocycles. The van der Waals surface area contributed by atoms with Crippen LogP contribution in [-0.4, -0.2) is 71.3 Å². The van der Waals surface area contributed by atoms with Crippen LogP contribution in [0.3, 0.4) is 0 Å². The van der Waals surface area contributed by atoms with Crippen LogP contribution in [0.2, 0.25) is 0 Å². The lowest BCUT2D eigenvalue weighted by molar-refractivity contribution is -0.141. The van der Waals surface area contributed by atoms with E-state index in [0.717, 1.165) is 11.3 Å². The number of para-hydroxylation sites is 1. The smallest absolute Gasteiger partial charge is 0.250 e. The summed E-state index contributed by atoms with van der Waals surface area (Å²) in [5, 5.41) is 0. The standard InChI is InChI=1S/C25H30N4O3/c1-20(30)27-15-13-25(14-16-27)24(32)28(19-29(25)22-11-7-4-8-12-22)18-23(31)26(2)17-21-9-5-3-6-10-21/h3-12H,13-19H2,1-2H3. The van der Waals surface area contributed by atoms with E-state index >= 15 is 0 Å². The maximum atomic E-state index is 13.7. The van der Waals surface area contributed by atoms with Crippen LogP contribution in [0.25, 0.3) is 0 Å². The number of amides is 3. The SMILES string of the molecule is CC(=O)N1CCC2(CC1)C(=O)N(CC(=O)N(C)Cc1ccccc1)CN2c1ccccc1. The highest BCUT2D eigenvalue weighted by molar-refractivity contribution is 5.96. The normalized spacial score (nSPS) is 17.7. The van der Waals surface area contributed by atoms with E-state index in [1.807, 2.05) is 60.7 Å². The third kappa shape index (κ3) is 4.20. The average molecular weight is 435 g/mol. The Hall–Kier alpha value is -3.35. The van der Waals surface area contributed by atoms with E-state index in [1.54, 1.807) is 28.7 Å².